The highest BCUT2D eigenvalue weighted by Crippen LogP contribution is 2.30. The predicted octanol–water partition coefficient (Wildman–Crippen LogP) is 4.19. The highest BCUT2D eigenvalue weighted by Gasteiger charge is 2.17. The van der Waals surface area contributed by atoms with Crippen LogP contribution in [0.1, 0.15) is 49.0 Å². The van der Waals surface area contributed by atoms with Crippen LogP contribution in [-0.4, -0.2) is 15.0 Å². The summed E-state index contributed by atoms with van der Waals surface area (Å²) < 4.78 is 0. The summed E-state index contributed by atoms with van der Waals surface area (Å²) >= 11 is 7.80. The summed E-state index contributed by atoms with van der Waals surface area (Å²) in [7, 11) is 0. The molecule has 0 saturated heterocycles. The largest absolute Gasteiger partial charge is 0.361 e. The molecule has 0 bridgehead atoms. The maximum absolute atomic E-state index is 6.15. The zero-order valence-electron chi connectivity index (χ0n) is 11.4. The topological polar surface area (TPSA) is 50.7 Å². The molecule has 1 atom stereocenters. The number of thiazole rings is 1. The maximum Gasteiger partial charge on any atom is 0.138 e. The summed E-state index contributed by atoms with van der Waals surface area (Å²) in [5, 5.41) is 6.97. The summed E-state index contributed by atoms with van der Waals surface area (Å²) in [5.74, 6) is 1.05. The van der Waals surface area contributed by atoms with E-state index < -0.39 is 0 Å². The van der Waals surface area contributed by atoms with Crippen LogP contribution in [0.5, 0.6) is 0 Å². The van der Waals surface area contributed by atoms with Gasteiger partial charge in [-0.1, -0.05) is 25.4 Å². The van der Waals surface area contributed by atoms with Gasteiger partial charge in [0.25, 0.3) is 0 Å². The summed E-state index contributed by atoms with van der Waals surface area (Å²) in [6.07, 6.45) is 1.48. The molecule has 102 valence electrons. The molecule has 0 saturated carbocycles. The van der Waals surface area contributed by atoms with E-state index in [1.807, 2.05) is 12.3 Å². The highest BCUT2D eigenvalue weighted by molar-refractivity contribution is 7.09. The van der Waals surface area contributed by atoms with Gasteiger partial charge in [0.15, 0.2) is 0 Å². The minimum atomic E-state index is 0.0992. The predicted molar refractivity (Wildman–Crippen MR) is 80.0 cm³/mol. The number of rotatable bonds is 4. The monoisotopic (exact) mass is 296 g/mol. The molecule has 0 aliphatic carbocycles. The molecule has 2 heterocycles. The van der Waals surface area contributed by atoms with E-state index in [1.54, 1.807) is 11.3 Å². The van der Waals surface area contributed by atoms with Gasteiger partial charge in [0.2, 0.25) is 0 Å². The van der Waals surface area contributed by atoms with Crippen LogP contribution in [0.2, 0.25) is 5.15 Å². The number of halogens is 1. The SMILES string of the molecule is Cc1csc(C(C)Nc2ncnc(Cl)c2C(C)C)n1. The van der Waals surface area contributed by atoms with Gasteiger partial charge >= 0.3 is 0 Å². The summed E-state index contributed by atoms with van der Waals surface area (Å²) in [4.78, 5) is 12.8. The van der Waals surface area contributed by atoms with Crippen molar-refractivity contribution in [3.8, 4) is 0 Å². The fraction of sp³-hybridized carbons (Fsp3) is 0.462. The number of aryl methyl sites for hydroxylation is 1. The van der Waals surface area contributed by atoms with Crippen molar-refractivity contribution in [1.29, 1.82) is 0 Å². The lowest BCUT2D eigenvalue weighted by Crippen LogP contribution is -2.11. The van der Waals surface area contributed by atoms with Crippen LogP contribution in [-0.2, 0) is 0 Å². The highest BCUT2D eigenvalue weighted by atomic mass is 35.5. The van der Waals surface area contributed by atoms with E-state index in [4.69, 9.17) is 11.6 Å². The van der Waals surface area contributed by atoms with Crippen molar-refractivity contribution in [2.45, 2.75) is 39.7 Å². The molecule has 0 aromatic carbocycles. The first-order valence-corrected chi connectivity index (χ1v) is 7.43. The van der Waals surface area contributed by atoms with Crippen LogP contribution in [0.15, 0.2) is 11.7 Å². The van der Waals surface area contributed by atoms with Crippen molar-refractivity contribution >= 4 is 28.8 Å². The van der Waals surface area contributed by atoms with Gasteiger partial charge in [-0.2, -0.15) is 0 Å². The molecule has 0 fully saturated rings. The van der Waals surface area contributed by atoms with Crippen LogP contribution in [0.25, 0.3) is 0 Å². The zero-order valence-corrected chi connectivity index (χ0v) is 13.0. The average Bonchev–Trinajstić information content (AvgIpc) is 2.75. The summed E-state index contributed by atoms with van der Waals surface area (Å²) in [5.41, 5.74) is 1.99. The van der Waals surface area contributed by atoms with Gasteiger partial charge in [-0.15, -0.1) is 11.3 Å². The number of nitrogens with zero attached hydrogens (tertiary/aromatic N) is 3. The van der Waals surface area contributed by atoms with Crippen molar-refractivity contribution in [2.24, 2.45) is 0 Å². The Kier molecular flexibility index (Phi) is 4.37. The Morgan fingerprint density at radius 1 is 1.26 bits per heavy atom. The molecule has 2 rings (SSSR count). The van der Waals surface area contributed by atoms with Crippen molar-refractivity contribution in [1.82, 2.24) is 15.0 Å². The van der Waals surface area contributed by atoms with E-state index in [-0.39, 0.29) is 12.0 Å². The van der Waals surface area contributed by atoms with Gasteiger partial charge in [0, 0.05) is 16.6 Å². The fourth-order valence-corrected chi connectivity index (χ4v) is 2.99. The van der Waals surface area contributed by atoms with Crippen molar-refractivity contribution in [3.63, 3.8) is 0 Å². The van der Waals surface area contributed by atoms with E-state index in [1.165, 1.54) is 6.33 Å². The van der Waals surface area contributed by atoms with E-state index >= 15 is 0 Å². The maximum atomic E-state index is 6.15. The Balaban J connectivity index is 2.26. The third-order valence-electron chi connectivity index (χ3n) is 2.77. The quantitative estimate of drug-likeness (QED) is 0.860. The van der Waals surface area contributed by atoms with Crippen LogP contribution in [0.3, 0.4) is 0 Å². The summed E-state index contributed by atoms with van der Waals surface area (Å²) in [6.45, 7) is 8.22. The molecule has 2 aromatic heterocycles. The molecule has 0 spiro atoms. The van der Waals surface area contributed by atoms with Gasteiger partial charge in [-0.25, -0.2) is 15.0 Å². The van der Waals surface area contributed by atoms with E-state index in [0.29, 0.717) is 5.15 Å². The smallest absolute Gasteiger partial charge is 0.138 e. The molecule has 0 aliphatic heterocycles. The molecule has 0 amide bonds. The van der Waals surface area contributed by atoms with Gasteiger partial charge in [-0.3, -0.25) is 0 Å². The van der Waals surface area contributed by atoms with Gasteiger partial charge in [-0.05, 0) is 19.8 Å². The molecule has 1 N–H and O–H groups in total. The molecule has 19 heavy (non-hydrogen) atoms. The van der Waals surface area contributed by atoms with Gasteiger partial charge < -0.3 is 5.32 Å². The molecule has 2 aromatic rings. The van der Waals surface area contributed by atoms with Crippen molar-refractivity contribution < 1.29 is 0 Å². The van der Waals surface area contributed by atoms with Gasteiger partial charge in [0.05, 0.1) is 6.04 Å². The molecule has 1 unspecified atom stereocenters. The average molecular weight is 297 g/mol. The second kappa shape index (κ2) is 5.84. The molecule has 6 heteroatoms. The fourth-order valence-electron chi connectivity index (χ4n) is 1.84. The number of anilines is 1. The first-order valence-electron chi connectivity index (χ1n) is 6.18. The van der Waals surface area contributed by atoms with Crippen molar-refractivity contribution in [2.75, 3.05) is 5.32 Å². The van der Waals surface area contributed by atoms with Crippen LogP contribution in [0, 0.1) is 6.92 Å². The lowest BCUT2D eigenvalue weighted by atomic mass is 10.1. The lowest BCUT2D eigenvalue weighted by Gasteiger charge is -2.17. The van der Waals surface area contributed by atoms with Crippen LogP contribution in [0.4, 0.5) is 5.82 Å². The number of nitrogens with one attached hydrogen (secondary N) is 1. The molecule has 0 aliphatic rings. The standard InChI is InChI=1S/C13H17ClN4S/c1-7(2)10-11(14)15-6-16-12(10)18-9(4)13-17-8(3)5-19-13/h5-7,9H,1-4H3,(H,15,16,18). The van der Waals surface area contributed by atoms with Crippen LogP contribution >= 0.6 is 22.9 Å². The van der Waals surface area contributed by atoms with E-state index in [9.17, 15) is 0 Å². The minimum Gasteiger partial charge on any atom is -0.361 e. The van der Waals surface area contributed by atoms with Crippen LogP contribution < -0.4 is 5.32 Å². The first kappa shape index (κ1) is 14.2. The molecule has 0 radical (unpaired) electrons. The first-order chi connectivity index (χ1) is 8.99. The molecular weight excluding hydrogens is 280 g/mol. The Bertz CT molecular complexity index is 568. The zero-order chi connectivity index (χ0) is 14.0. The third kappa shape index (κ3) is 3.22. The Labute approximate surface area is 122 Å². The number of aromatic nitrogens is 3. The van der Waals surface area contributed by atoms with E-state index in [0.717, 1.165) is 22.1 Å². The molecular formula is C13H17ClN4S. The summed E-state index contributed by atoms with van der Waals surface area (Å²) in [6, 6.07) is 0.0992. The minimum absolute atomic E-state index is 0.0992. The Hall–Kier alpha value is -1.20. The molecule has 4 nitrogen and oxygen atoms in total. The van der Waals surface area contributed by atoms with Crippen molar-refractivity contribution in [3.05, 3.63) is 33.1 Å². The Morgan fingerprint density at radius 2 is 2.00 bits per heavy atom. The second-order valence-electron chi connectivity index (χ2n) is 4.77. The Morgan fingerprint density at radius 3 is 2.58 bits per heavy atom. The lowest BCUT2D eigenvalue weighted by molar-refractivity contribution is 0.812. The van der Waals surface area contributed by atoms with Gasteiger partial charge in [0.1, 0.15) is 22.3 Å². The third-order valence-corrected chi connectivity index (χ3v) is 4.22. The number of hydrogen-bond acceptors (Lipinski definition) is 5. The normalized spacial score (nSPS) is 12.7. The van der Waals surface area contributed by atoms with E-state index in [2.05, 4.69) is 41.0 Å². The number of hydrogen-bond donors (Lipinski definition) is 1. The second-order valence-corrected chi connectivity index (χ2v) is 6.02.